The summed E-state index contributed by atoms with van der Waals surface area (Å²) in [6.45, 7) is 6.93. The lowest BCUT2D eigenvalue weighted by atomic mass is 9.92. The van der Waals surface area contributed by atoms with Crippen LogP contribution in [0.25, 0.3) is 6.08 Å². The molecule has 0 radical (unpaired) electrons. The maximum absolute atomic E-state index is 12.2. The van der Waals surface area contributed by atoms with Gasteiger partial charge in [0, 0.05) is 18.0 Å². The van der Waals surface area contributed by atoms with Crippen molar-refractivity contribution >= 4 is 18.0 Å². The number of nitrogens with one attached hydrogen (secondary N) is 1. The van der Waals surface area contributed by atoms with E-state index in [1.165, 1.54) is 31.8 Å². The van der Waals surface area contributed by atoms with Gasteiger partial charge in [0.15, 0.2) is 0 Å². The summed E-state index contributed by atoms with van der Waals surface area (Å²) >= 11 is 0. The lowest BCUT2D eigenvalue weighted by Crippen LogP contribution is -2.41. The van der Waals surface area contributed by atoms with Gasteiger partial charge in [-0.15, -0.1) is 0 Å². The van der Waals surface area contributed by atoms with Crippen molar-refractivity contribution in [2.75, 3.05) is 6.61 Å². The van der Waals surface area contributed by atoms with Crippen LogP contribution in [0.15, 0.2) is 30.3 Å². The highest BCUT2D eigenvalue weighted by Gasteiger charge is 2.25. The van der Waals surface area contributed by atoms with Crippen LogP contribution in [0.2, 0.25) is 0 Å². The minimum atomic E-state index is -0.315. The van der Waals surface area contributed by atoms with Crippen molar-refractivity contribution in [3.8, 4) is 5.75 Å². The van der Waals surface area contributed by atoms with E-state index in [-0.39, 0.29) is 29.9 Å². The van der Waals surface area contributed by atoms with Crippen LogP contribution in [0.3, 0.4) is 0 Å². The number of esters is 1. The van der Waals surface area contributed by atoms with E-state index in [0.717, 1.165) is 56.4 Å². The monoisotopic (exact) mass is 443 g/mol. The second kappa shape index (κ2) is 14.7. The largest absolute Gasteiger partial charge is 0.494 e. The van der Waals surface area contributed by atoms with Crippen LogP contribution in [0.4, 0.5) is 0 Å². The van der Waals surface area contributed by atoms with Crippen molar-refractivity contribution in [3.05, 3.63) is 35.9 Å². The Morgan fingerprint density at radius 1 is 1.03 bits per heavy atom. The Kier molecular flexibility index (Phi) is 11.9. The molecule has 0 aromatic heterocycles. The standard InChI is InChI=1S/C27H41NO4/c1-4-6-7-8-9-20-31-24-15-10-22(11-16-24)12-19-26(29)32-25-17-13-23(14-18-25)28-27(30)21(3)5-2/h10-12,15-16,19,21,23,25H,4-9,13-14,17-18,20H2,1-3H3,(H,28,30)/b19-12+. The highest BCUT2D eigenvalue weighted by molar-refractivity contribution is 5.87. The number of hydrogen-bond acceptors (Lipinski definition) is 4. The summed E-state index contributed by atoms with van der Waals surface area (Å²) in [6.07, 6.45) is 13.4. The van der Waals surface area contributed by atoms with Crippen LogP contribution in [0, 0.1) is 5.92 Å². The predicted octanol–water partition coefficient (Wildman–Crippen LogP) is 6.07. The first-order valence-electron chi connectivity index (χ1n) is 12.4. The van der Waals surface area contributed by atoms with Crippen molar-refractivity contribution in [2.45, 2.75) is 97.1 Å². The van der Waals surface area contributed by atoms with Crippen LogP contribution >= 0.6 is 0 Å². The molecular weight excluding hydrogens is 402 g/mol. The SMILES string of the molecule is CCCCCCCOc1ccc(/C=C/C(=O)OC2CCC(NC(=O)C(C)CC)CC2)cc1. The van der Waals surface area contributed by atoms with Gasteiger partial charge in [0.05, 0.1) is 6.61 Å². The number of unbranched alkanes of at least 4 members (excludes halogenated alkanes) is 4. The molecule has 1 unspecified atom stereocenters. The summed E-state index contributed by atoms with van der Waals surface area (Å²) in [7, 11) is 0. The number of benzene rings is 1. The highest BCUT2D eigenvalue weighted by Crippen LogP contribution is 2.22. The number of ether oxygens (including phenoxy) is 2. The molecule has 0 spiro atoms. The lowest BCUT2D eigenvalue weighted by molar-refractivity contribution is -0.144. The third-order valence-corrected chi connectivity index (χ3v) is 6.17. The Bertz CT molecular complexity index is 705. The fourth-order valence-electron chi connectivity index (χ4n) is 3.79. The van der Waals surface area contributed by atoms with Crippen molar-refractivity contribution in [3.63, 3.8) is 0 Å². The average Bonchev–Trinajstić information content (AvgIpc) is 2.81. The third kappa shape index (κ3) is 9.88. The van der Waals surface area contributed by atoms with Crippen LogP contribution in [0.5, 0.6) is 5.75 Å². The van der Waals surface area contributed by atoms with Gasteiger partial charge in [0.1, 0.15) is 11.9 Å². The average molecular weight is 444 g/mol. The van der Waals surface area contributed by atoms with Crippen molar-refractivity contribution in [1.82, 2.24) is 5.32 Å². The van der Waals surface area contributed by atoms with Crippen LogP contribution in [-0.2, 0) is 14.3 Å². The minimum absolute atomic E-state index is 0.0480. The summed E-state index contributed by atoms with van der Waals surface area (Å²) in [6, 6.07) is 7.96. The van der Waals surface area contributed by atoms with Gasteiger partial charge in [-0.2, -0.15) is 0 Å². The van der Waals surface area contributed by atoms with E-state index in [9.17, 15) is 9.59 Å². The van der Waals surface area contributed by atoms with E-state index in [1.807, 2.05) is 38.1 Å². The molecule has 32 heavy (non-hydrogen) atoms. The molecule has 178 valence electrons. The Labute approximate surface area is 193 Å². The summed E-state index contributed by atoms with van der Waals surface area (Å²) in [5.41, 5.74) is 0.939. The van der Waals surface area contributed by atoms with Gasteiger partial charge in [-0.05, 0) is 62.3 Å². The van der Waals surface area contributed by atoms with Gasteiger partial charge >= 0.3 is 5.97 Å². The molecule has 1 aromatic carbocycles. The fourth-order valence-corrected chi connectivity index (χ4v) is 3.79. The molecule has 2 rings (SSSR count). The number of amides is 1. The zero-order valence-electron chi connectivity index (χ0n) is 20.1. The Balaban J connectivity index is 1.65. The summed E-state index contributed by atoms with van der Waals surface area (Å²) < 4.78 is 11.4. The molecule has 5 heteroatoms. The predicted molar refractivity (Wildman–Crippen MR) is 129 cm³/mol. The first-order valence-corrected chi connectivity index (χ1v) is 12.4. The zero-order valence-corrected chi connectivity index (χ0v) is 20.1. The van der Waals surface area contributed by atoms with E-state index in [2.05, 4.69) is 12.2 Å². The van der Waals surface area contributed by atoms with Gasteiger partial charge in [0.25, 0.3) is 0 Å². The number of carbonyl (C=O) groups is 2. The molecule has 1 fully saturated rings. The number of carbonyl (C=O) groups excluding carboxylic acids is 2. The summed E-state index contributed by atoms with van der Waals surface area (Å²) in [5.74, 6) is 0.716. The van der Waals surface area contributed by atoms with Crippen molar-refractivity contribution in [1.29, 1.82) is 0 Å². The molecule has 1 aliphatic carbocycles. The van der Waals surface area contributed by atoms with Crippen molar-refractivity contribution in [2.24, 2.45) is 5.92 Å². The lowest BCUT2D eigenvalue weighted by Gasteiger charge is -2.29. The molecular formula is C27H41NO4. The quantitative estimate of drug-likeness (QED) is 0.228. The molecule has 1 atom stereocenters. The van der Waals surface area contributed by atoms with Gasteiger partial charge < -0.3 is 14.8 Å². The summed E-state index contributed by atoms with van der Waals surface area (Å²) in [4.78, 5) is 24.2. The zero-order chi connectivity index (χ0) is 23.2. The van der Waals surface area contributed by atoms with E-state index in [4.69, 9.17) is 9.47 Å². The van der Waals surface area contributed by atoms with Gasteiger partial charge in [0.2, 0.25) is 5.91 Å². The second-order valence-corrected chi connectivity index (χ2v) is 8.89. The summed E-state index contributed by atoms with van der Waals surface area (Å²) in [5, 5.41) is 3.11. The maximum atomic E-state index is 12.2. The highest BCUT2D eigenvalue weighted by atomic mass is 16.5. The molecule has 0 aliphatic heterocycles. The maximum Gasteiger partial charge on any atom is 0.331 e. The molecule has 1 aromatic rings. The number of rotatable bonds is 13. The Hall–Kier alpha value is -2.30. The van der Waals surface area contributed by atoms with E-state index in [0.29, 0.717) is 0 Å². The molecule has 0 bridgehead atoms. The molecule has 1 aliphatic rings. The van der Waals surface area contributed by atoms with Gasteiger partial charge in [-0.1, -0.05) is 58.6 Å². The first kappa shape index (κ1) is 26.0. The third-order valence-electron chi connectivity index (χ3n) is 6.17. The fraction of sp³-hybridized carbons (Fsp3) is 0.630. The second-order valence-electron chi connectivity index (χ2n) is 8.89. The molecule has 0 heterocycles. The van der Waals surface area contributed by atoms with Crippen LogP contribution in [-0.4, -0.2) is 30.6 Å². The topological polar surface area (TPSA) is 64.6 Å². The van der Waals surface area contributed by atoms with E-state index >= 15 is 0 Å². The Morgan fingerprint density at radius 2 is 1.72 bits per heavy atom. The molecule has 1 N–H and O–H groups in total. The Morgan fingerprint density at radius 3 is 2.38 bits per heavy atom. The molecule has 5 nitrogen and oxygen atoms in total. The first-order chi connectivity index (χ1) is 15.5. The smallest absolute Gasteiger partial charge is 0.331 e. The molecule has 0 saturated heterocycles. The van der Waals surface area contributed by atoms with Crippen molar-refractivity contribution < 1.29 is 19.1 Å². The molecule has 1 amide bonds. The minimum Gasteiger partial charge on any atom is -0.494 e. The van der Waals surface area contributed by atoms with Crippen LogP contribution < -0.4 is 10.1 Å². The normalized spacial score (nSPS) is 19.5. The molecule has 1 saturated carbocycles. The van der Waals surface area contributed by atoms with Gasteiger partial charge in [-0.25, -0.2) is 4.79 Å². The van der Waals surface area contributed by atoms with E-state index in [1.54, 1.807) is 6.08 Å². The van der Waals surface area contributed by atoms with Gasteiger partial charge in [-0.3, -0.25) is 4.79 Å². The number of hydrogen-bond donors (Lipinski definition) is 1. The van der Waals surface area contributed by atoms with Crippen LogP contribution in [0.1, 0.15) is 90.5 Å². The van der Waals surface area contributed by atoms with E-state index < -0.39 is 0 Å².